The van der Waals surface area contributed by atoms with Crippen LogP contribution in [-0.4, -0.2) is 25.3 Å². The summed E-state index contributed by atoms with van der Waals surface area (Å²) in [6.45, 7) is 1.55. The predicted molar refractivity (Wildman–Crippen MR) is 121 cm³/mol. The maximum atomic E-state index is 13.6. The molecule has 0 spiro atoms. The first kappa shape index (κ1) is 21.7. The molecule has 0 unspecified atom stereocenters. The molecule has 0 aliphatic heterocycles. The van der Waals surface area contributed by atoms with Crippen LogP contribution in [0.5, 0.6) is 5.75 Å². The zero-order valence-electron chi connectivity index (χ0n) is 17.6. The van der Waals surface area contributed by atoms with Crippen LogP contribution in [0.4, 0.5) is 4.39 Å². The van der Waals surface area contributed by atoms with E-state index in [1.807, 2.05) is 54.6 Å². The lowest BCUT2D eigenvalue weighted by Gasteiger charge is -2.08. The number of para-hydroxylation sites is 1. The fourth-order valence-electron chi connectivity index (χ4n) is 3.28. The van der Waals surface area contributed by atoms with Crippen molar-refractivity contribution in [2.45, 2.75) is 18.4 Å². The topological polar surface area (TPSA) is 73.2 Å². The second-order valence-electron chi connectivity index (χ2n) is 7.25. The Labute approximate surface area is 186 Å². The normalized spacial score (nSPS) is 11.5. The lowest BCUT2D eigenvalue weighted by molar-refractivity contribution is 0.415. The van der Waals surface area contributed by atoms with Gasteiger partial charge in [0.05, 0.1) is 23.4 Å². The molecule has 0 radical (unpaired) electrons. The van der Waals surface area contributed by atoms with Crippen LogP contribution in [0, 0.1) is 12.7 Å². The van der Waals surface area contributed by atoms with Gasteiger partial charge in [0.1, 0.15) is 11.6 Å². The molecule has 164 valence electrons. The number of hydrogen-bond donors (Lipinski definition) is 1. The van der Waals surface area contributed by atoms with Crippen molar-refractivity contribution in [2.75, 3.05) is 7.11 Å². The number of methoxy groups -OCH3 is 1. The molecule has 0 aliphatic rings. The lowest BCUT2D eigenvalue weighted by atomic mass is 10.1. The van der Waals surface area contributed by atoms with Gasteiger partial charge in [0.2, 0.25) is 10.0 Å². The Morgan fingerprint density at radius 1 is 1.03 bits per heavy atom. The number of aromatic nitrogens is 2. The molecule has 4 aromatic rings. The Bertz CT molecular complexity index is 1330. The monoisotopic (exact) mass is 451 g/mol. The Kier molecular flexibility index (Phi) is 6.07. The van der Waals surface area contributed by atoms with Crippen LogP contribution in [0.2, 0.25) is 0 Å². The van der Waals surface area contributed by atoms with Crippen LogP contribution in [0.1, 0.15) is 11.1 Å². The van der Waals surface area contributed by atoms with Crippen molar-refractivity contribution in [1.82, 2.24) is 14.5 Å². The number of nitrogens with one attached hydrogen (secondary N) is 1. The quantitative estimate of drug-likeness (QED) is 0.450. The molecular weight excluding hydrogens is 429 g/mol. The molecule has 6 nitrogen and oxygen atoms in total. The van der Waals surface area contributed by atoms with Gasteiger partial charge < -0.3 is 4.74 Å². The van der Waals surface area contributed by atoms with Crippen molar-refractivity contribution in [3.63, 3.8) is 0 Å². The first-order chi connectivity index (χ1) is 15.4. The second-order valence-corrected chi connectivity index (χ2v) is 9.01. The van der Waals surface area contributed by atoms with E-state index >= 15 is 0 Å². The van der Waals surface area contributed by atoms with Gasteiger partial charge in [0.15, 0.2) is 0 Å². The summed E-state index contributed by atoms with van der Waals surface area (Å²) in [5, 5.41) is 4.70. The first-order valence-electron chi connectivity index (χ1n) is 9.91. The van der Waals surface area contributed by atoms with Gasteiger partial charge in [-0.05, 0) is 67.1 Å². The van der Waals surface area contributed by atoms with Crippen LogP contribution in [0.25, 0.3) is 16.9 Å². The molecule has 0 amide bonds. The Morgan fingerprint density at radius 3 is 2.41 bits per heavy atom. The zero-order chi connectivity index (χ0) is 22.7. The summed E-state index contributed by atoms with van der Waals surface area (Å²) >= 11 is 0. The minimum atomic E-state index is -3.84. The minimum absolute atomic E-state index is 0.0119. The number of sulfonamides is 1. The summed E-state index contributed by atoms with van der Waals surface area (Å²) in [6, 6.07) is 20.7. The number of aryl methyl sites for hydroxylation is 1. The second kappa shape index (κ2) is 8.94. The molecule has 0 bridgehead atoms. The fourth-order valence-corrected chi connectivity index (χ4v) is 4.38. The Morgan fingerprint density at radius 2 is 1.75 bits per heavy atom. The number of hydrogen-bond acceptors (Lipinski definition) is 4. The van der Waals surface area contributed by atoms with Crippen LogP contribution in [0.15, 0.2) is 83.9 Å². The number of ether oxygens (including phenoxy) is 1. The molecular formula is C24H22FN3O3S. The summed E-state index contributed by atoms with van der Waals surface area (Å²) in [5.41, 5.74) is 3.29. The van der Waals surface area contributed by atoms with Crippen molar-refractivity contribution >= 4 is 10.0 Å². The molecule has 4 rings (SSSR count). The van der Waals surface area contributed by atoms with Gasteiger partial charge in [-0.3, -0.25) is 0 Å². The summed E-state index contributed by atoms with van der Waals surface area (Å²) in [4.78, 5) is 0.0119. The van der Waals surface area contributed by atoms with E-state index in [1.165, 1.54) is 19.1 Å². The molecule has 0 saturated heterocycles. The van der Waals surface area contributed by atoms with Crippen molar-refractivity contribution in [3.05, 3.63) is 95.9 Å². The van der Waals surface area contributed by atoms with E-state index in [1.54, 1.807) is 18.0 Å². The average Bonchev–Trinajstić information content (AvgIpc) is 3.24. The molecule has 1 N–H and O–H groups in total. The van der Waals surface area contributed by atoms with Crippen LogP contribution in [0.3, 0.4) is 0 Å². The lowest BCUT2D eigenvalue weighted by Crippen LogP contribution is -2.23. The van der Waals surface area contributed by atoms with E-state index in [4.69, 9.17) is 9.84 Å². The van der Waals surface area contributed by atoms with Gasteiger partial charge in [-0.1, -0.05) is 18.2 Å². The number of nitrogens with zero attached hydrogens (tertiary/aromatic N) is 2. The smallest absolute Gasteiger partial charge is 0.240 e. The zero-order valence-corrected chi connectivity index (χ0v) is 18.4. The van der Waals surface area contributed by atoms with Crippen molar-refractivity contribution in [1.29, 1.82) is 0 Å². The predicted octanol–water partition coefficient (Wildman–Crippen LogP) is 4.47. The van der Waals surface area contributed by atoms with Crippen molar-refractivity contribution < 1.29 is 17.5 Å². The van der Waals surface area contributed by atoms with E-state index in [9.17, 15) is 12.8 Å². The fraction of sp³-hybridized carbons (Fsp3) is 0.125. The third kappa shape index (κ3) is 4.56. The standard InChI is InChI=1S/C24H22FN3O3S/c1-17-14-22(12-13-23(17)25)32(29,30)26-15-19-16-28(20-6-4-3-5-7-20)27-24(19)18-8-10-21(31-2)11-9-18/h3-14,16,26H,15H2,1-2H3. The highest BCUT2D eigenvalue weighted by Crippen LogP contribution is 2.26. The van der Waals surface area contributed by atoms with Gasteiger partial charge in [-0.15, -0.1) is 0 Å². The molecule has 32 heavy (non-hydrogen) atoms. The number of halogens is 1. The van der Waals surface area contributed by atoms with Gasteiger partial charge in [0.25, 0.3) is 0 Å². The summed E-state index contributed by atoms with van der Waals surface area (Å²) in [6.07, 6.45) is 1.80. The van der Waals surface area contributed by atoms with Crippen LogP contribution < -0.4 is 9.46 Å². The van der Waals surface area contributed by atoms with Gasteiger partial charge in [-0.25, -0.2) is 22.2 Å². The van der Waals surface area contributed by atoms with E-state index in [2.05, 4.69) is 4.72 Å². The third-order valence-electron chi connectivity index (χ3n) is 5.07. The molecule has 3 aromatic carbocycles. The highest BCUT2D eigenvalue weighted by Gasteiger charge is 2.18. The van der Waals surface area contributed by atoms with Gasteiger partial charge in [-0.2, -0.15) is 5.10 Å². The first-order valence-corrected chi connectivity index (χ1v) is 11.4. The van der Waals surface area contributed by atoms with E-state index in [-0.39, 0.29) is 17.0 Å². The van der Waals surface area contributed by atoms with Crippen LogP contribution in [-0.2, 0) is 16.6 Å². The van der Waals surface area contributed by atoms with Crippen molar-refractivity contribution in [3.8, 4) is 22.7 Å². The highest BCUT2D eigenvalue weighted by molar-refractivity contribution is 7.89. The van der Waals surface area contributed by atoms with E-state index in [0.717, 1.165) is 17.3 Å². The minimum Gasteiger partial charge on any atom is -0.497 e. The molecule has 0 fully saturated rings. The third-order valence-corrected chi connectivity index (χ3v) is 6.47. The largest absolute Gasteiger partial charge is 0.497 e. The molecule has 1 aromatic heterocycles. The van der Waals surface area contributed by atoms with Gasteiger partial charge >= 0.3 is 0 Å². The summed E-state index contributed by atoms with van der Waals surface area (Å²) < 4.78 is 48.7. The average molecular weight is 452 g/mol. The molecule has 0 aliphatic carbocycles. The highest BCUT2D eigenvalue weighted by atomic mass is 32.2. The number of benzene rings is 3. The Hall–Kier alpha value is -3.49. The van der Waals surface area contributed by atoms with E-state index in [0.29, 0.717) is 17.0 Å². The molecule has 1 heterocycles. The summed E-state index contributed by atoms with van der Waals surface area (Å²) in [5.74, 6) is 0.264. The number of rotatable bonds is 7. The van der Waals surface area contributed by atoms with Gasteiger partial charge in [0, 0.05) is 23.9 Å². The SMILES string of the molecule is COc1ccc(-c2nn(-c3ccccc3)cc2CNS(=O)(=O)c2ccc(F)c(C)c2)cc1. The maximum absolute atomic E-state index is 13.6. The molecule has 0 atom stereocenters. The molecule has 8 heteroatoms. The van der Waals surface area contributed by atoms with Crippen LogP contribution >= 0.6 is 0 Å². The summed E-state index contributed by atoms with van der Waals surface area (Å²) in [7, 11) is -2.24. The van der Waals surface area contributed by atoms with E-state index < -0.39 is 15.8 Å². The maximum Gasteiger partial charge on any atom is 0.240 e. The van der Waals surface area contributed by atoms with Crippen molar-refractivity contribution in [2.24, 2.45) is 0 Å². The Balaban J connectivity index is 1.68. The molecule has 0 saturated carbocycles.